The molecule has 1 atom stereocenters. The predicted octanol–water partition coefficient (Wildman–Crippen LogP) is 0.0765. The van der Waals surface area contributed by atoms with E-state index in [1.165, 1.54) is 31.3 Å². The van der Waals surface area contributed by atoms with Gasteiger partial charge in [0.1, 0.15) is 0 Å². The van der Waals surface area contributed by atoms with E-state index in [4.69, 9.17) is 0 Å². The van der Waals surface area contributed by atoms with Gasteiger partial charge < -0.3 is 10.6 Å². The van der Waals surface area contributed by atoms with Crippen molar-refractivity contribution in [3.05, 3.63) is 29.8 Å². The van der Waals surface area contributed by atoms with E-state index in [-0.39, 0.29) is 10.8 Å². The van der Waals surface area contributed by atoms with Gasteiger partial charge in [-0.05, 0) is 50.7 Å². The number of benzene rings is 1. The first-order valence-electron chi connectivity index (χ1n) is 6.58. The quantitative estimate of drug-likeness (QED) is 0.718. The van der Waals surface area contributed by atoms with Gasteiger partial charge in [-0.2, -0.15) is 0 Å². The minimum absolute atomic E-state index is 0.147. The standard InChI is InChI=1S/C13H19N3O3S/c1-14-20(18,19)12-6-4-10(5-7-12)13(17)16-9-11-3-2-8-15-11/h4-7,11,14-15H,2-3,8-9H2,1H3,(H,16,17). The molecule has 0 aromatic heterocycles. The summed E-state index contributed by atoms with van der Waals surface area (Å²) in [5.41, 5.74) is 0.457. The first kappa shape index (κ1) is 15.0. The molecule has 110 valence electrons. The molecular weight excluding hydrogens is 278 g/mol. The largest absolute Gasteiger partial charge is 0.350 e. The molecule has 0 bridgehead atoms. The van der Waals surface area contributed by atoms with E-state index in [1.807, 2.05) is 0 Å². The molecule has 1 aromatic carbocycles. The molecule has 6 nitrogen and oxygen atoms in total. The van der Waals surface area contributed by atoms with E-state index in [9.17, 15) is 13.2 Å². The molecular formula is C13H19N3O3S. The smallest absolute Gasteiger partial charge is 0.251 e. The zero-order valence-corrected chi connectivity index (χ0v) is 12.2. The van der Waals surface area contributed by atoms with Crippen LogP contribution in [0.5, 0.6) is 0 Å². The van der Waals surface area contributed by atoms with Gasteiger partial charge in [-0.1, -0.05) is 0 Å². The number of hydrogen-bond donors (Lipinski definition) is 3. The van der Waals surface area contributed by atoms with Crippen molar-refractivity contribution >= 4 is 15.9 Å². The van der Waals surface area contributed by atoms with Gasteiger partial charge >= 0.3 is 0 Å². The second kappa shape index (κ2) is 6.34. The van der Waals surface area contributed by atoms with Crippen LogP contribution in [0.1, 0.15) is 23.2 Å². The number of carbonyl (C=O) groups excluding carboxylic acids is 1. The first-order chi connectivity index (χ1) is 9.53. The zero-order valence-electron chi connectivity index (χ0n) is 11.3. The normalized spacial score (nSPS) is 18.9. The number of rotatable bonds is 5. The van der Waals surface area contributed by atoms with Gasteiger partial charge in [0.05, 0.1) is 4.90 Å². The molecule has 1 aromatic rings. The maximum Gasteiger partial charge on any atom is 0.251 e. The van der Waals surface area contributed by atoms with Crippen LogP contribution in [-0.2, 0) is 10.0 Å². The fraction of sp³-hybridized carbons (Fsp3) is 0.462. The van der Waals surface area contributed by atoms with E-state index in [2.05, 4.69) is 15.4 Å². The number of carbonyl (C=O) groups is 1. The maximum atomic E-state index is 11.9. The summed E-state index contributed by atoms with van der Waals surface area (Å²) in [6, 6.07) is 6.22. The minimum atomic E-state index is -3.46. The van der Waals surface area contributed by atoms with Gasteiger partial charge in [0.2, 0.25) is 10.0 Å². The Morgan fingerprint density at radius 1 is 1.35 bits per heavy atom. The summed E-state index contributed by atoms with van der Waals surface area (Å²) in [5, 5.41) is 6.14. The van der Waals surface area contributed by atoms with Crippen molar-refractivity contribution < 1.29 is 13.2 Å². The molecule has 7 heteroatoms. The zero-order chi connectivity index (χ0) is 14.6. The van der Waals surface area contributed by atoms with Crippen molar-refractivity contribution in [1.29, 1.82) is 0 Å². The maximum absolute atomic E-state index is 11.9. The van der Waals surface area contributed by atoms with Crippen molar-refractivity contribution in [3.8, 4) is 0 Å². The fourth-order valence-corrected chi connectivity index (χ4v) is 2.88. The number of sulfonamides is 1. The molecule has 1 heterocycles. The summed E-state index contributed by atoms with van der Waals surface area (Å²) in [5.74, 6) is -0.188. The van der Waals surface area contributed by atoms with Gasteiger partial charge in [0.15, 0.2) is 0 Å². The van der Waals surface area contributed by atoms with E-state index < -0.39 is 10.0 Å². The third kappa shape index (κ3) is 3.56. The molecule has 1 unspecified atom stereocenters. The highest BCUT2D eigenvalue weighted by molar-refractivity contribution is 7.89. The molecule has 20 heavy (non-hydrogen) atoms. The number of hydrogen-bond acceptors (Lipinski definition) is 4. The average molecular weight is 297 g/mol. The lowest BCUT2D eigenvalue weighted by atomic mass is 10.2. The molecule has 1 aliphatic rings. The Bertz CT molecular complexity index is 563. The van der Waals surface area contributed by atoms with Gasteiger partial charge in [0, 0.05) is 18.2 Å². The Balaban J connectivity index is 1.97. The van der Waals surface area contributed by atoms with E-state index >= 15 is 0 Å². The molecule has 1 amide bonds. The fourth-order valence-electron chi connectivity index (χ4n) is 2.15. The Morgan fingerprint density at radius 2 is 2.05 bits per heavy atom. The molecule has 1 fully saturated rings. The topological polar surface area (TPSA) is 87.3 Å². The Hall–Kier alpha value is -1.44. The van der Waals surface area contributed by atoms with E-state index in [0.29, 0.717) is 18.2 Å². The van der Waals surface area contributed by atoms with Crippen LogP contribution in [0.2, 0.25) is 0 Å². The highest BCUT2D eigenvalue weighted by Crippen LogP contribution is 2.10. The van der Waals surface area contributed by atoms with Crippen LogP contribution in [0.15, 0.2) is 29.2 Å². The van der Waals surface area contributed by atoms with E-state index in [1.54, 1.807) is 0 Å². The Labute approximate surface area is 119 Å². The summed E-state index contributed by atoms with van der Waals surface area (Å²) in [6.07, 6.45) is 2.21. The highest BCUT2D eigenvalue weighted by Gasteiger charge is 2.16. The van der Waals surface area contributed by atoms with Gasteiger partial charge in [-0.15, -0.1) is 0 Å². The second-order valence-electron chi connectivity index (χ2n) is 4.74. The molecule has 0 saturated carbocycles. The average Bonchev–Trinajstić information content (AvgIpc) is 2.98. The lowest BCUT2D eigenvalue weighted by molar-refractivity contribution is 0.0950. The molecule has 0 spiro atoms. The van der Waals surface area contributed by atoms with Crippen LogP contribution in [0.25, 0.3) is 0 Å². The number of nitrogens with one attached hydrogen (secondary N) is 3. The third-order valence-electron chi connectivity index (χ3n) is 3.37. The summed E-state index contributed by atoms with van der Waals surface area (Å²) >= 11 is 0. The molecule has 1 saturated heterocycles. The lowest BCUT2D eigenvalue weighted by Gasteiger charge is -2.11. The van der Waals surface area contributed by atoms with Crippen LogP contribution < -0.4 is 15.4 Å². The summed E-state index contributed by atoms with van der Waals surface area (Å²) in [4.78, 5) is 12.1. The van der Waals surface area contributed by atoms with Crippen molar-refractivity contribution in [2.75, 3.05) is 20.1 Å². The first-order valence-corrected chi connectivity index (χ1v) is 8.06. The summed E-state index contributed by atoms with van der Waals surface area (Å²) < 4.78 is 25.4. The minimum Gasteiger partial charge on any atom is -0.350 e. The van der Waals surface area contributed by atoms with Gasteiger partial charge in [-0.3, -0.25) is 4.79 Å². The van der Waals surface area contributed by atoms with Gasteiger partial charge in [0.25, 0.3) is 5.91 Å². The van der Waals surface area contributed by atoms with Crippen molar-refractivity contribution in [2.24, 2.45) is 0 Å². The van der Waals surface area contributed by atoms with Crippen LogP contribution >= 0.6 is 0 Å². The van der Waals surface area contributed by atoms with Crippen LogP contribution in [0.3, 0.4) is 0 Å². The molecule has 3 N–H and O–H groups in total. The van der Waals surface area contributed by atoms with Crippen LogP contribution in [0, 0.1) is 0 Å². The van der Waals surface area contributed by atoms with Gasteiger partial charge in [-0.25, -0.2) is 13.1 Å². The number of amides is 1. The SMILES string of the molecule is CNS(=O)(=O)c1ccc(C(=O)NCC2CCCN2)cc1. The summed E-state index contributed by atoms with van der Waals surface area (Å²) in [6.45, 7) is 1.59. The van der Waals surface area contributed by atoms with Crippen molar-refractivity contribution in [1.82, 2.24) is 15.4 Å². The predicted molar refractivity (Wildman–Crippen MR) is 76.0 cm³/mol. The van der Waals surface area contributed by atoms with Crippen molar-refractivity contribution in [3.63, 3.8) is 0 Å². The lowest BCUT2D eigenvalue weighted by Crippen LogP contribution is -2.37. The van der Waals surface area contributed by atoms with Crippen LogP contribution in [-0.4, -0.2) is 40.5 Å². The van der Waals surface area contributed by atoms with Crippen molar-refractivity contribution in [2.45, 2.75) is 23.8 Å². The second-order valence-corrected chi connectivity index (χ2v) is 6.62. The third-order valence-corrected chi connectivity index (χ3v) is 4.80. The molecule has 0 radical (unpaired) electrons. The highest BCUT2D eigenvalue weighted by atomic mass is 32.2. The Morgan fingerprint density at radius 3 is 2.60 bits per heavy atom. The van der Waals surface area contributed by atoms with Crippen LogP contribution in [0.4, 0.5) is 0 Å². The Kier molecular flexibility index (Phi) is 4.74. The van der Waals surface area contributed by atoms with E-state index in [0.717, 1.165) is 19.4 Å². The monoisotopic (exact) mass is 297 g/mol. The molecule has 0 aliphatic carbocycles. The molecule has 1 aliphatic heterocycles. The summed E-state index contributed by atoms with van der Waals surface area (Å²) in [7, 11) is -2.11. The molecule has 2 rings (SSSR count).